The van der Waals surface area contributed by atoms with Crippen molar-refractivity contribution in [1.82, 2.24) is 19.9 Å². The summed E-state index contributed by atoms with van der Waals surface area (Å²) in [4.78, 5) is 22.1. The standard InChI is InChI=1S/C17H18N4OS/c1-12-10-19-16(23-12)17(2,3)20-15(22)13-5-4-6-14(9-13)21-8-7-18-11-21/h4-11H,1-3H3,(H,20,22). The number of benzene rings is 1. The van der Waals surface area contributed by atoms with Crippen LogP contribution in [0.1, 0.15) is 34.1 Å². The van der Waals surface area contributed by atoms with Crippen LogP contribution in [-0.2, 0) is 5.54 Å². The molecule has 0 aliphatic heterocycles. The number of carbonyl (C=O) groups excluding carboxylic acids is 1. The Labute approximate surface area is 139 Å². The molecule has 0 fully saturated rings. The fourth-order valence-electron chi connectivity index (χ4n) is 2.27. The van der Waals surface area contributed by atoms with Crippen molar-refractivity contribution in [3.63, 3.8) is 0 Å². The van der Waals surface area contributed by atoms with Gasteiger partial charge in [0.15, 0.2) is 0 Å². The minimum atomic E-state index is -0.513. The van der Waals surface area contributed by atoms with Gasteiger partial charge in [-0.3, -0.25) is 4.79 Å². The third-order valence-corrected chi connectivity index (χ3v) is 4.73. The second-order valence-electron chi connectivity index (χ2n) is 5.88. The van der Waals surface area contributed by atoms with Gasteiger partial charge in [0, 0.05) is 34.7 Å². The summed E-state index contributed by atoms with van der Waals surface area (Å²) in [7, 11) is 0. The van der Waals surface area contributed by atoms with E-state index in [9.17, 15) is 4.79 Å². The molecular weight excluding hydrogens is 308 g/mol. The molecular formula is C17H18N4OS. The first kappa shape index (κ1) is 15.4. The molecule has 2 aromatic heterocycles. The molecule has 23 heavy (non-hydrogen) atoms. The molecule has 0 atom stereocenters. The summed E-state index contributed by atoms with van der Waals surface area (Å²) in [5.41, 5.74) is 0.997. The number of aryl methyl sites for hydroxylation is 1. The number of imidazole rings is 1. The zero-order valence-electron chi connectivity index (χ0n) is 13.3. The number of thiazole rings is 1. The van der Waals surface area contributed by atoms with Crippen LogP contribution in [0.25, 0.3) is 5.69 Å². The van der Waals surface area contributed by atoms with E-state index in [0.717, 1.165) is 15.6 Å². The van der Waals surface area contributed by atoms with Gasteiger partial charge in [0.2, 0.25) is 0 Å². The van der Waals surface area contributed by atoms with Gasteiger partial charge in [-0.1, -0.05) is 6.07 Å². The summed E-state index contributed by atoms with van der Waals surface area (Å²) >= 11 is 1.59. The van der Waals surface area contributed by atoms with E-state index < -0.39 is 5.54 Å². The zero-order valence-corrected chi connectivity index (χ0v) is 14.1. The highest BCUT2D eigenvalue weighted by atomic mass is 32.1. The lowest BCUT2D eigenvalue weighted by molar-refractivity contribution is 0.0912. The molecule has 0 unspecified atom stereocenters. The summed E-state index contributed by atoms with van der Waals surface area (Å²) in [5, 5.41) is 3.96. The van der Waals surface area contributed by atoms with E-state index in [1.165, 1.54) is 0 Å². The molecule has 0 radical (unpaired) electrons. The lowest BCUT2D eigenvalue weighted by Crippen LogP contribution is -2.40. The first-order valence-electron chi connectivity index (χ1n) is 7.29. The molecule has 0 saturated carbocycles. The van der Waals surface area contributed by atoms with Crippen molar-refractivity contribution < 1.29 is 4.79 Å². The summed E-state index contributed by atoms with van der Waals surface area (Å²) in [6.07, 6.45) is 7.09. The molecule has 5 nitrogen and oxygen atoms in total. The number of nitrogens with zero attached hydrogens (tertiary/aromatic N) is 3. The summed E-state index contributed by atoms with van der Waals surface area (Å²) in [6.45, 7) is 5.93. The van der Waals surface area contributed by atoms with E-state index in [4.69, 9.17) is 0 Å². The Hall–Kier alpha value is -2.47. The van der Waals surface area contributed by atoms with Crippen molar-refractivity contribution in [2.24, 2.45) is 0 Å². The van der Waals surface area contributed by atoms with Crippen molar-refractivity contribution in [3.05, 3.63) is 64.6 Å². The fraction of sp³-hybridized carbons (Fsp3) is 0.235. The molecule has 0 aliphatic rings. The van der Waals surface area contributed by atoms with Crippen LogP contribution in [0.5, 0.6) is 0 Å². The highest BCUT2D eigenvalue weighted by molar-refractivity contribution is 7.11. The van der Waals surface area contributed by atoms with Crippen molar-refractivity contribution in [2.75, 3.05) is 0 Å². The van der Waals surface area contributed by atoms with Crippen LogP contribution in [-0.4, -0.2) is 20.4 Å². The van der Waals surface area contributed by atoms with Crippen LogP contribution in [0.4, 0.5) is 0 Å². The SMILES string of the molecule is Cc1cnc(C(C)(C)NC(=O)c2cccc(-n3ccnc3)c2)s1. The predicted molar refractivity (Wildman–Crippen MR) is 90.9 cm³/mol. The summed E-state index contributed by atoms with van der Waals surface area (Å²) in [5.74, 6) is -0.121. The van der Waals surface area contributed by atoms with Crippen LogP contribution in [0.15, 0.2) is 49.2 Å². The maximum absolute atomic E-state index is 12.6. The normalized spacial score (nSPS) is 11.4. The number of aromatic nitrogens is 3. The van der Waals surface area contributed by atoms with E-state index in [1.807, 2.05) is 55.9 Å². The van der Waals surface area contributed by atoms with Gasteiger partial charge >= 0.3 is 0 Å². The minimum absolute atomic E-state index is 0.121. The molecule has 1 amide bonds. The first-order valence-corrected chi connectivity index (χ1v) is 8.11. The maximum Gasteiger partial charge on any atom is 0.252 e. The Kier molecular flexibility index (Phi) is 4.00. The topological polar surface area (TPSA) is 59.8 Å². The molecule has 3 aromatic rings. The number of rotatable bonds is 4. The summed E-state index contributed by atoms with van der Waals surface area (Å²) in [6, 6.07) is 7.46. The van der Waals surface area contributed by atoms with E-state index in [1.54, 1.807) is 29.9 Å². The van der Waals surface area contributed by atoms with Crippen LogP contribution in [0.3, 0.4) is 0 Å². The molecule has 2 heterocycles. The Morgan fingerprint density at radius 1 is 1.35 bits per heavy atom. The second-order valence-corrected chi connectivity index (χ2v) is 7.11. The number of amides is 1. The zero-order chi connectivity index (χ0) is 16.4. The fourth-order valence-corrected chi connectivity index (χ4v) is 3.09. The molecule has 3 rings (SSSR count). The van der Waals surface area contributed by atoms with Crippen LogP contribution >= 0.6 is 11.3 Å². The third-order valence-electron chi connectivity index (χ3n) is 3.49. The predicted octanol–water partition coefficient (Wildman–Crippen LogP) is 3.30. The highest BCUT2D eigenvalue weighted by Gasteiger charge is 2.26. The van der Waals surface area contributed by atoms with Crippen molar-refractivity contribution in [2.45, 2.75) is 26.3 Å². The van der Waals surface area contributed by atoms with Crippen molar-refractivity contribution in [1.29, 1.82) is 0 Å². The Morgan fingerprint density at radius 2 is 2.17 bits per heavy atom. The van der Waals surface area contributed by atoms with Gasteiger partial charge < -0.3 is 9.88 Å². The quantitative estimate of drug-likeness (QED) is 0.800. The largest absolute Gasteiger partial charge is 0.341 e. The van der Waals surface area contributed by atoms with Crippen LogP contribution in [0.2, 0.25) is 0 Å². The molecule has 1 aromatic carbocycles. The Bertz CT molecular complexity index is 821. The van der Waals surface area contributed by atoms with Gasteiger partial charge in [0.25, 0.3) is 5.91 Å². The molecule has 0 aliphatic carbocycles. The van der Waals surface area contributed by atoms with Gasteiger partial charge in [0.1, 0.15) is 5.01 Å². The van der Waals surface area contributed by atoms with Crippen LogP contribution in [0, 0.1) is 6.92 Å². The Morgan fingerprint density at radius 3 is 2.83 bits per heavy atom. The van der Waals surface area contributed by atoms with E-state index >= 15 is 0 Å². The molecule has 0 bridgehead atoms. The Balaban J connectivity index is 1.82. The molecule has 0 saturated heterocycles. The van der Waals surface area contributed by atoms with Gasteiger partial charge in [-0.25, -0.2) is 9.97 Å². The van der Waals surface area contributed by atoms with E-state index in [-0.39, 0.29) is 5.91 Å². The maximum atomic E-state index is 12.6. The lowest BCUT2D eigenvalue weighted by Gasteiger charge is -2.24. The van der Waals surface area contributed by atoms with Gasteiger partial charge in [-0.15, -0.1) is 11.3 Å². The van der Waals surface area contributed by atoms with E-state index in [2.05, 4.69) is 15.3 Å². The second kappa shape index (κ2) is 5.96. The number of nitrogens with one attached hydrogen (secondary N) is 1. The number of carbonyl (C=O) groups is 1. The highest BCUT2D eigenvalue weighted by Crippen LogP contribution is 2.25. The molecule has 0 spiro atoms. The van der Waals surface area contributed by atoms with Gasteiger partial charge in [0.05, 0.1) is 11.9 Å². The van der Waals surface area contributed by atoms with Gasteiger partial charge in [-0.2, -0.15) is 0 Å². The van der Waals surface area contributed by atoms with E-state index in [0.29, 0.717) is 5.56 Å². The average molecular weight is 326 g/mol. The smallest absolute Gasteiger partial charge is 0.252 e. The molecule has 6 heteroatoms. The molecule has 118 valence electrons. The monoisotopic (exact) mass is 326 g/mol. The first-order chi connectivity index (χ1) is 11.0. The third kappa shape index (κ3) is 3.32. The molecule has 1 N–H and O–H groups in total. The van der Waals surface area contributed by atoms with Crippen molar-refractivity contribution in [3.8, 4) is 5.69 Å². The lowest BCUT2D eigenvalue weighted by atomic mass is 10.1. The minimum Gasteiger partial charge on any atom is -0.341 e. The summed E-state index contributed by atoms with van der Waals surface area (Å²) < 4.78 is 1.87. The van der Waals surface area contributed by atoms with Gasteiger partial charge in [-0.05, 0) is 39.0 Å². The number of hydrogen-bond acceptors (Lipinski definition) is 4. The average Bonchev–Trinajstić information content (AvgIpc) is 3.18. The number of hydrogen-bond donors (Lipinski definition) is 1. The van der Waals surface area contributed by atoms with Crippen LogP contribution < -0.4 is 5.32 Å². The van der Waals surface area contributed by atoms with Crippen molar-refractivity contribution >= 4 is 17.2 Å².